The fourth-order valence-electron chi connectivity index (χ4n) is 2.49. The zero-order valence-electron chi connectivity index (χ0n) is 11.3. The molecule has 0 saturated heterocycles. The van der Waals surface area contributed by atoms with Gasteiger partial charge in [-0.1, -0.05) is 42.5 Å². The minimum absolute atomic E-state index is 0.127. The maximum atomic E-state index is 10.8. The summed E-state index contributed by atoms with van der Waals surface area (Å²) in [6, 6.07) is 14.6. The molecule has 1 atom stereocenters. The van der Waals surface area contributed by atoms with Crippen LogP contribution in [0.4, 0.5) is 0 Å². The molecule has 0 fully saturated rings. The molecular weight excluding hydrogens is 238 g/mol. The van der Waals surface area contributed by atoms with Crippen LogP contribution in [0.1, 0.15) is 24.4 Å². The molecule has 100 valence electrons. The summed E-state index contributed by atoms with van der Waals surface area (Å²) in [4.78, 5) is 12.9. The average molecular weight is 257 g/mol. The third-order valence-corrected chi connectivity index (χ3v) is 3.44. The Balaban J connectivity index is 2.41. The van der Waals surface area contributed by atoms with E-state index in [1.54, 1.807) is 0 Å². The second-order valence-electron chi connectivity index (χ2n) is 4.98. The van der Waals surface area contributed by atoms with Crippen LogP contribution in [-0.4, -0.2) is 30.1 Å². The zero-order chi connectivity index (χ0) is 13.8. The van der Waals surface area contributed by atoms with E-state index in [2.05, 4.69) is 29.2 Å². The van der Waals surface area contributed by atoms with Gasteiger partial charge in [-0.3, -0.25) is 4.79 Å². The Hall–Kier alpha value is -1.87. The van der Waals surface area contributed by atoms with Gasteiger partial charge in [0.1, 0.15) is 0 Å². The Kier molecular flexibility index (Phi) is 4.17. The molecule has 1 N–H and O–H groups in total. The number of nitrogens with zero attached hydrogens (tertiary/aromatic N) is 1. The smallest absolute Gasteiger partial charge is 0.303 e. The van der Waals surface area contributed by atoms with Crippen molar-refractivity contribution in [3.63, 3.8) is 0 Å². The minimum atomic E-state index is -0.743. The van der Waals surface area contributed by atoms with Crippen molar-refractivity contribution in [3.05, 3.63) is 48.0 Å². The van der Waals surface area contributed by atoms with Crippen LogP contribution in [0.5, 0.6) is 0 Å². The van der Waals surface area contributed by atoms with Gasteiger partial charge in [-0.2, -0.15) is 0 Å². The van der Waals surface area contributed by atoms with Gasteiger partial charge in [-0.15, -0.1) is 0 Å². The van der Waals surface area contributed by atoms with Gasteiger partial charge in [0.05, 0.1) is 0 Å². The first-order valence-corrected chi connectivity index (χ1v) is 6.45. The van der Waals surface area contributed by atoms with Crippen LogP contribution in [0.15, 0.2) is 42.5 Å². The van der Waals surface area contributed by atoms with E-state index in [-0.39, 0.29) is 12.5 Å². The van der Waals surface area contributed by atoms with Gasteiger partial charge in [0.15, 0.2) is 0 Å². The number of hydrogen-bond acceptors (Lipinski definition) is 2. The topological polar surface area (TPSA) is 40.5 Å². The second kappa shape index (κ2) is 5.85. The lowest BCUT2D eigenvalue weighted by Crippen LogP contribution is -2.21. The predicted molar refractivity (Wildman–Crippen MR) is 77.2 cm³/mol. The normalized spacial score (nSPS) is 12.8. The van der Waals surface area contributed by atoms with Gasteiger partial charge in [0, 0.05) is 12.5 Å². The van der Waals surface area contributed by atoms with E-state index in [9.17, 15) is 4.79 Å². The summed E-state index contributed by atoms with van der Waals surface area (Å²) in [5, 5.41) is 11.3. The molecule has 3 heteroatoms. The molecule has 19 heavy (non-hydrogen) atoms. The monoisotopic (exact) mass is 257 g/mol. The number of rotatable bonds is 5. The van der Waals surface area contributed by atoms with Crippen molar-refractivity contribution in [1.82, 2.24) is 4.90 Å². The Morgan fingerprint density at radius 1 is 1.16 bits per heavy atom. The summed E-state index contributed by atoms with van der Waals surface area (Å²) < 4.78 is 0. The van der Waals surface area contributed by atoms with Gasteiger partial charge in [-0.25, -0.2) is 0 Å². The number of benzene rings is 2. The summed E-state index contributed by atoms with van der Waals surface area (Å²) in [5.74, 6) is -0.743. The van der Waals surface area contributed by atoms with Gasteiger partial charge < -0.3 is 10.0 Å². The molecule has 0 saturated carbocycles. The lowest BCUT2D eigenvalue weighted by Gasteiger charge is -2.25. The van der Waals surface area contributed by atoms with Crippen molar-refractivity contribution in [2.45, 2.75) is 18.9 Å². The lowest BCUT2D eigenvalue weighted by atomic mass is 9.95. The van der Waals surface area contributed by atoms with E-state index in [0.717, 1.165) is 0 Å². The molecule has 0 radical (unpaired) electrons. The Morgan fingerprint density at radius 3 is 2.53 bits per heavy atom. The molecule has 0 bridgehead atoms. The number of carbonyl (C=O) groups is 1. The summed E-state index contributed by atoms with van der Waals surface area (Å²) in [7, 11) is 3.99. The van der Waals surface area contributed by atoms with Crippen LogP contribution < -0.4 is 0 Å². The molecule has 0 aliphatic rings. The highest BCUT2D eigenvalue weighted by atomic mass is 16.4. The Morgan fingerprint density at radius 2 is 1.84 bits per heavy atom. The highest BCUT2D eigenvalue weighted by Gasteiger charge is 2.17. The second-order valence-corrected chi connectivity index (χ2v) is 4.98. The fraction of sp³-hybridized carbons (Fsp3) is 0.312. The van der Waals surface area contributed by atoms with Crippen LogP contribution in [0.3, 0.4) is 0 Å². The Bertz CT molecular complexity index is 572. The van der Waals surface area contributed by atoms with Crippen LogP contribution >= 0.6 is 0 Å². The van der Waals surface area contributed by atoms with Gasteiger partial charge in [-0.05, 0) is 36.9 Å². The third kappa shape index (κ3) is 3.12. The molecule has 0 aliphatic carbocycles. The zero-order valence-corrected chi connectivity index (χ0v) is 11.3. The van der Waals surface area contributed by atoms with Crippen LogP contribution in [0, 0.1) is 0 Å². The van der Waals surface area contributed by atoms with E-state index in [1.807, 2.05) is 32.3 Å². The predicted octanol–water partition coefficient (Wildman–Crippen LogP) is 3.31. The van der Waals surface area contributed by atoms with E-state index in [4.69, 9.17) is 5.11 Å². The van der Waals surface area contributed by atoms with Crippen molar-refractivity contribution < 1.29 is 9.90 Å². The van der Waals surface area contributed by atoms with Crippen molar-refractivity contribution >= 4 is 16.7 Å². The van der Waals surface area contributed by atoms with E-state index in [0.29, 0.717) is 6.42 Å². The van der Waals surface area contributed by atoms with Crippen molar-refractivity contribution in [1.29, 1.82) is 0 Å². The Labute approximate surface area is 113 Å². The molecule has 0 aromatic heterocycles. The number of fused-ring (bicyclic) bond motifs is 1. The highest BCUT2D eigenvalue weighted by Crippen LogP contribution is 2.30. The molecule has 1 unspecified atom stereocenters. The van der Waals surface area contributed by atoms with Gasteiger partial charge >= 0.3 is 5.97 Å². The molecule has 3 nitrogen and oxygen atoms in total. The van der Waals surface area contributed by atoms with Crippen LogP contribution in [0.2, 0.25) is 0 Å². The number of carboxylic acid groups (broad SMARTS) is 1. The summed E-state index contributed by atoms with van der Waals surface area (Å²) in [6.45, 7) is 0. The van der Waals surface area contributed by atoms with Crippen LogP contribution in [-0.2, 0) is 4.79 Å². The van der Waals surface area contributed by atoms with E-state index < -0.39 is 5.97 Å². The van der Waals surface area contributed by atoms with Gasteiger partial charge in [0.25, 0.3) is 0 Å². The average Bonchev–Trinajstić information content (AvgIpc) is 2.38. The van der Waals surface area contributed by atoms with Crippen molar-refractivity contribution in [2.24, 2.45) is 0 Å². The molecule has 0 spiro atoms. The maximum Gasteiger partial charge on any atom is 0.303 e. The lowest BCUT2D eigenvalue weighted by molar-refractivity contribution is -0.137. The number of carboxylic acids is 1. The molecular formula is C16H19NO2. The highest BCUT2D eigenvalue weighted by molar-refractivity contribution is 5.86. The first-order chi connectivity index (χ1) is 9.09. The number of hydrogen-bond donors (Lipinski definition) is 1. The van der Waals surface area contributed by atoms with Crippen molar-refractivity contribution in [3.8, 4) is 0 Å². The standard InChI is InChI=1S/C16H19NO2/c1-17(2)15(10-11-16(18)19)14-9-5-7-12-6-3-4-8-13(12)14/h3-9,15H,10-11H2,1-2H3,(H,18,19). The number of aliphatic carboxylic acids is 1. The molecule has 2 rings (SSSR count). The van der Waals surface area contributed by atoms with Crippen molar-refractivity contribution in [2.75, 3.05) is 14.1 Å². The van der Waals surface area contributed by atoms with Crippen LogP contribution in [0.25, 0.3) is 10.8 Å². The minimum Gasteiger partial charge on any atom is -0.481 e. The molecule has 2 aromatic rings. The molecule has 0 heterocycles. The summed E-state index contributed by atoms with van der Waals surface area (Å²) >= 11 is 0. The maximum absolute atomic E-state index is 10.8. The first-order valence-electron chi connectivity index (χ1n) is 6.45. The third-order valence-electron chi connectivity index (χ3n) is 3.44. The summed E-state index contributed by atoms with van der Waals surface area (Å²) in [5.41, 5.74) is 1.20. The van der Waals surface area contributed by atoms with E-state index >= 15 is 0 Å². The van der Waals surface area contributed by atoms with E-state index in [1.165, 1.54) is 16.3 Å². The molecule has 2 aromatic carbocycles. The molecule has 0 aliphatic heterocycles. The quantitative estimate of drug-likeness (QED) is 0.893. The molecule has 0 amide bonds. The first kappa shape index (κ1) is 13.6. The summed E-state index contributed by atoms with van der Waals surface area (Å²) in [6.07, 6.45) is 0.808. The fourth-order valence-corrected chi connectivity index (χ4v) is 2.49. The largest absolute Gasteiger partial charge is 0.481 e. The van der Waals surface area contributed by atoms with Gasteiger partial charge in [0.2, 0.25) is 0 Å². The SMILES string of the molecule is CN(C)C(CCC(=O)O)c1cccc2ccccc12.